The average Bonchev–Trinajstić information content (AvgIpc) is 2.39. The lowest BCUT2D eigenvalue weighted by Crippen LogP contribution is -1.99. The molecule has 0 bridgehead atoms. The van der Waals surface area contributed by atoms with Crippen LogP contribution in [0.5, 0.6) is 5.75 Å². The Morgan fingerprint density at radius 3 is 2.43 bits per heavy atom. The van der Waals surface area contributed by atoms with Crippen LogP contribution >= 0.6 is 33.9 Å². The highest BCUT2D eigenvalue weighted by Gasteiger charge is 2.19. The van der Waals surface area contributed by atoms with Gasteiger partial charge in [-0.25, -0.2) is 12.8 Å². The van der Waals surface area contributed by atoms with E-state index in [2.05, 4.69) is 0 Å². The molecule has 8 heteroatoms. The summed E-state index contributed by atoms with van der Waals surface area (Å²) in [5.41, 5.74) is 0.594. The maximum Gasteiger partial charge on any atom is 0.262 e. The molecular formula is C13H8Cl3FO3S. The molecule has 0 aromatic heterocycles. The van der Waals surface area contributed by atoms with Crippen molar-refractivity contribution in [1.29, 1.82) is 0 Å². The van der Waals surface area contributed by atoms with Crippen LogP contribution in [0.4, 0.5) is 4.39 Å². The Kier molecular flexibility index (Phi) is 4.99. The van der Waals surface area contributed by atoms with Crippen molar-refractivity contribution < 1.29 is 17.5 Å². The molecule has 2 rings (SSSR count). The number of halogens is 4. The van der Waals surface area contributed by atoms with Gasteiger partial charge in [0.1, 0.15) is 28.1 Å². The molecule has 0 atom stereocenters. The molecule has 2 aromatic rings. The van der Waals surface area contributed by atoms with E-state index in [0.717, 1.165) is 0 Å². The summed E-state index contributed by atoms with van der Waals surface area (Å²) in [6.07, 6.45) is 0. The summed E-state index contributed by atoms with van der Waals surface area (Å²) in [5, 5.41) is -0.293. The predicted molar refractivity (Wildman–Crippen MR) is 80.2 cm³/mol. The van der Waals surface area contributed by atoms with E-state index in [1.54, 1.807) is 12.1 Å². The second-order valence-corrected chi connectivity index (χ2v) is 7.34. The largest absolute Gasteiger partial charge is 0.487 e. The van der Waals surface area contributed by atoms with E-state index in [-0.39, 0.29) is 33.1 Å². The lowest BCUT2D eigenvalue weighted by Gasteiger charge is -2.10. The second kappa shape index (κ2) is 6.40. The first kappa shape index (κ1) is 16.4. The third-order valence-electron chi connectivity index (χ3n) is 2.56. The van der Waals surface area contributed by atoms with Crippen LogP contribution in [0.15, 0.2) is 41.3 Å². The van der Waals surface area contributed by atoms with E-state index >= 15 is 0 Å². The molecule has 0 unspecified atom stereocenters. The van der Waals surface area contributed by atoms with Gasteiger partial charge in [-0.15, -0.1) is 0 Å². The topological polar surface area (TPSA) is 43.4 Å². The highest BCUT2D eigenvalue weighted by atomic mass is 35.7. The highest BCUT2D eigenvalue weighted by molar-refractivity contribution is 8.13. The molecule has 3 nitrogen and oxygen atoms in total. The summed E-state index contributed by atoms with van der Waals surface area (Å²) in [6.45, 7) is 0.0563. The van der Waals surface area contributed by atoms with Gasteiger partial charge >= 0.3 is 0 Å². The van der Waals surface area contributed by atoms with Gasteiger partial charge in [-0.1, -0.05) is 35.3 Å². The van der Waals surface area contributed by atoms with E-state index in [1.807, 2.05) is 0 Å². The van der Waals surface area contributed by atoms with Crippen molar-refractivity contribution in [1.82, 2.24) is 0 Å². The van der Waals surface area contributed by atoms with E-state index < -0.39 is 9.05 Å². The molecule has 0 aliphatic carbocycles. The van der Waals surface area contributed by atoms with E-state index in [4.69, 9.17) is 38.6 Å². The van der Waals surface area contributed by atoms with Crippen LogP contribution in [0.25, 0.3) is 0 Å². The van der Waals surface area contributed by atoms with Gasteiger partial charge in [0.15, 0.2) is 0 Å². The van der Waals surface area contributed by atoms with Crippen LogP contribution in [0.2, 0.25) is 10.0 Å². The van der Waals surface area contributed by atoms with Crippen molar-refractivity contribution in [3.8, 4) is 5.75 Å². The molecule has 0 N–H and O–H groups in total. The van der Waals surface area contributed by atoms with Crippen molar-refractivity contribution in [2.75, 3.05) is 0 Å². The van der Waals surface area contributed by atoms with Crippen molar-refractivity contribution >= 4 is 42.9 Å². The molecule has 0 spiro atoms. The standard InChI is InChI=1S/C13H8Cl3FO3S/c14-12-10(4-5-11(13(12)15)21(16,18)19)20-7-8-2-1-3-9(17)6-8/h1-6H,7H2. The summed E-state index contributed by atoms with van der Waals surface area (Å²) < 4.78 is 41.0. The molecule has 0 saturated carbocycles. The number of ether oxygens (including phenoxy) is 1. The Bertz CT molecular complexity index is 778. The Balaban J connectivity index is 2.24. The van der Waals surface area contributed by atoms with Gasteiger partial charge in [0.05, 0.1) is 5.02 Å². The predicted octanol–water partition coefficient (Wildman–Crippen LogP) is 4.64. The van der Waals surface area contributed by atoms with Gasteiger partial charge in [-0.05, 0) is 29.8 Å². The first-order valence-electron chi connectivity index (χ1n) is 5.59. The zero-order chi connectivity index (χ0) is 15.6. The number of benzene rings is 2. The summed E-state index contributed by atoms with van der Waals surface area (Å²) >= 11 is 11.8. The fourth-order valence-electron chi connectivity index (χ4n) is 1.60. The van der Waals surface area contributed by atoms with Crippen molar-refractivity contribution in [2.24, 2.45) is 0 Å². The van der Waals surface area contributed by atoms with E-state index in [1.165, 1.54) is 24.3 Å². The van der Waals surface area contributed by atoms with Crippen LogP contribution < -0.4 is 4.74 Å². The zero-order valence-corrected chi connectivity index (χ0v) is 13.4. The molecule has 112 valence electrons. The lowest BCUT2D eigenvalue weighted by molar-refractivity contribution is 0.305. The van der Waals surface area contributed by atoms with Gasteiger partial charge in [-0.3, -0.25) is 0 Å². The number of rotatable bonds is 4. The fourth-order valence-corrected chi connectivity index (χ4v) is 3.39. The van der Waals surface area contributed by atoms with Gasteiger partial charge in [0, 0.05) is 10.7 Å². The van der Waals surface area contributed by atoms with Crippen molar-refractivity contribution in [2.45, 2.75) is 11.5 Å². The van der Waals surface area contributed by atoms with Crippen LogP contribution in [-0.2, 0) is 15.7 Å². The Labute approximate surface area is 135 Å². The molecule has 0 radical (unpaired) electrons. The van der Waals surface area contributed by atoms with Crippen LogP contribution in [0.1, 0.15) is 5.56 Å². The minimum atomic E-state index is -3.99. The van der Waals surface area contributed by atoms with Gasteiger partial charge in [0.2, 0.25) is 0 Å². The zero-order valence-electron chi connectivity index (χ0n) is 10.3. The van der Waals surface area contributed by atoms with Gasteiger partial charge in [0.25, 0.3) is 9.05 Å². The molecule has 0 saturated heterocycles. The summed E-state index contributed by atoms with van der Waals surface area (Å²) in [5.74, 6) is -0.209. The monoisotopic (exact) mass is 368 g/mol. The first-order valence-corrected chi connectivity index (χ1v) is 8.65. The maximum absolute atomic E-state index is 13.0. The lowest BCUT2D eigenvalue weighted by atomic mass is 10.2. The van der Waals surface area contributed by atoms with Crippen LogP contribution in [0, 0.1) is 5.82 Å². The molecule has 21 heavy (non-hydrogen) atoms. The molecular weight excluding hydrogens is 362 g/mol. The first-order chi connectivity index (χ1) is 9.79. The quantitative estimate of drug-likeness (QED) is 0.737. The summed E-state index contributed by atoms with van der Waals surface area (Å²) in [4.78, 5) is -0.297. The summed E-state index contributed by atoms with van der Waals surface area (Å²) in [7, 11) is 1.23. The minimum Gasteiger partial charge on any atom is -0.487 e. The van der Waals surface area contributed by atoms with Gasteiger partial charge in [-0.2, -0.15) is 0 Å². The third kappa shape index (κ3) is 4.01. The van der Waals surface area contributed by atoms with Crippen molar-refractivity contribution in [3.63, 3.8) is 0 Å². The Hall–Kier alpha value is -1.01. The molecule has 0 heterocycles. The molecule has 0 aliphatic rings. The average molecular weight is 370 g/mol. The Morgan fingerprint density at radius 1 is 1.10 bits per heavy atom. The molecule has 0 fully saturated rings. The second-order valence-electron chi connectivity index (χ2n) is 4.05. The normalized spacial score (nSPS) is 11.4. The smallest absolute Gasteiger partial charge is 0.262 e. The summed E-state index contributed by atoms with van der Waals surface area (Å²) in [6, 6.07) is 8.38. The SMILES string of the molecule is O=S(=O)(Cl)c1ccc(OCc2cccc(F)c2)c(Cl)c1Cl. The highest BCUT2D eigenvalue weighted by Crippen LogP contribution is 2.38. The molecule has 0 amide bonds. The fraction of sp³-hybridized carbons (Fsp3) is 0.0769. The number of hydrogen-bond donors (Lipinski definition) is 0. The minimum absolute atomic E-state index is 0.0563. The van der Waals surface area contributed by atoms with Crippen molar-refractivity contribution in [3.05, 3.63) is 57.8 Å². The Morgan fingerprint density at radius 2 is 1.81 bits per heavy atom. The van der Waals surface area contributed by atoms with E-state index in [9.17, 15) is 12.8 Å². The maximum atomic E-state index is 13.0. The van der Waals surface area contributed by atoms with Crippen LogP contribution in [-0.4, -0.2) is 8.42 Å². The van der Waals surface area contributed by atoms with Gasteiger partial charge < -0.3 is 4.74 Å². The number of hydrogen-bond acceptors (Lipinski definition) is 3. The van der Waals surface area contributed by atoms with Crippen LogP contribution in [0.3, 0.4) is 0 Å². The van der Waals surface area contributed by atoms with E-state index in [0.29, 0.717) is 5.56 Å². The molecule has 0 aliphatic heterocycles. The third-order valence-corrected chi connectivity index (χ3v) is 4.90. The molecule has 2 aromatic carbocycles.